The molecule has 0 saturated heterocycles. The first-order valence-electron chi connectivity index (χ1n) is 6.73. The van der Waals surface area contributed by atoms with Crippen molar-refractivity contribution in [2.45, 2.75) is 11.1 Å². The average molecular weight is 410 g/mol. The summed E-state index contributed by atoms with van der Waals surface area (Å²) < 4.78 is 66.6. The third-order valence-corrected chi connectivity index (χ3v) is 4.57. The summed E-state index contributed by atoms with van der Waals surface area (Å²) in [6.45, 7) is 0. The minimum absolute atomic E-state index is 0.000984. The smallest absolute Gasteiger partial charge is 0.417 e. The number of hydrogen-bond donors (Lipinski definition) is 2. The highest BCUT2D eigenvalue weighted by atomic mass is 35.5. The van der Waals surface area contributed by atoms with Gasteiger partial charge in [-0.15, -0.1) is 4.83 Å². The molecule has 12 heteroatoms. The summed E-state index contributed by atoms with van der Waals surface area (Å²) in [6, 6.07) is 5.55. The monoisotopic (exact) mass is 409 g/mol. The molecule has 0 fully saturated rings. The van der Waals surface area contributed by atoms with Crippen LogP contribution in [0.4, 0.5) is 19.0 Å². The average Bonchev–Trinajstić information content (AvgIpc) is 2.59. The molecule has 0 saturated carbocycles. The standard InChI is InChI=1S/C14H11ClF3N3O4S/c1-25-13(22)8-3-2-4-10(5-8)26(23,24)21-20-12-11(15)6-9(7-19-12)14(16,17)18/h2-7,21H,1H3,(H,19,20). The van der Waals surface area contributed by atoms with Crippen LogP contribution < -0.4 is 10.3 Å². The molecule has 1 aromatic carbocycles. The van der Waals surface area contributed by atoms with Gasteiger partial charge < -0.3 is 4.74 Å². The summed E-state index contributed by atoms with van der Waals surface area (Å²) in [7, 11) is -3.03. The van der Waals surface area contributed by atoms with Gasteiger partial charge in [0.25, 0.3) is 10.0 Å². The lowest BCUT2D eigenvalue weighted by Gasteiger charge is -2.12. The minimum atomic E-state index is -4.64. The summed E-state index contributed by atoms with van der Waals surface area (Å²) in [5.41, 5.74) is 1.05. The Labute approximate surface area is 151 Å². The molecular formula is C14H11ClF3N3O4S. The number of ether oxygens (including phenoxy) is 1. The third kappa shape index (κ3) is 4.62. The van der Waals surface area contributed by atoms with E-state index in [-0.39, 0.29) is 16.3 Å². The number of hydrazine groups is 1. The fourth-order valence-corrected chi connectivity index (χ4v) is 2.87. The van der Waals surface area contributed by atoms with E-state index in [0.29, 0.717) is 12.3 Å². The van der Waals surface area contributed by atoms with Crippen molar-refractivity contribution in [2.75, 3.05) is 12.5 Å². The normalized spacial score (nSPS) is 11.9. The second-order valence-electron chi connectivity index (χ2n) is 4.80. The number of alkyl halides is 3. The number of halogens is 4. The van der Waals surface area contributed by atoms with E-state index in [9.17, 15) is 26.4 Å². The van der Waals surface area contributed by atoms with Crippen LogP contribution in [0.25, 0.3) is 0 Å². The third-order valence-electron chi connectivity index (χ3n) is 3.04. The van der Waals surface area contributed by atoms with Gasteiger partial charge in [-0.05, 0) is 24.3 Å². The number of nitrogens with one attached hydrogen (secondary N) is 2. The van der Waals surface area contributed by atoms with Crippen LogP contribution in [0.5, 0.6) is 0 Å². The van der Waals surface area contributed by atoms with Crippen molar-refractivity contribution in [3.63, 3.8) is 0 Å². The van der Waals surface area contributed by atoms with Gasteiger partial charge >= 0.3 is 12.1 Å². The van der Waals surface area contributed by atoms with E-state index >= 15 is 0 Å². The molecule has 0 bridgehead atoms. The van der Waals surface area contributed by atoms with Gasteiger partial charge in [-0.25, -0.2) is 18.2 Å². The highest BCUT2D eigenvalue weighted by molar-refractivity contribution is 7.89. The lowest BCUT2D eigenvalue weighted by Crippen LogP contribution is -2.30. The lowest BCUT2D eigenvalue weighted by atomic mass is 10.2. The number of pyridine rings is 1. The predicted molar refractivity (Wildman–Crippen MR) is 86.0 cm³/mol. The van der Waals surface area contributed by atoms with E-state index in [2.05, 4.69) is 15.1 Å². The molecule has 2 N–H and O–H groups in total. The Morgan fingerprint density at radius 3 is 2.54 bits per heavy atom. The van der Waals surface area contributed by atoms with Crippen LogP contribution in [0.3, 0.4) is 0 Å². The summed E-state index contributed by atoms with van der Waals surface area (Å²) in [6.07, 6.45) is -4.14. The zero-order chi connectivity index (χ0) is 19.5. The molecule has 2 rings (SSSR count). The van der Waals surface area contributed by atoms with Crippen molar-refractivity contribution in [1.29, 1.82) is 0 Å². The van der Waals surface area contributed by atoms with E-state index in [0.717, 1.165) is 13.2 Å². The number of carbonyl (C=O) groups excluding carboxylic acids is 1. The summed E-state index contributed by atoms with van der Waals surface area (Å²) in [5.74, 6) is -1.06. The van der Waals surface area contributed by atoms with Gasteiger partial charge in [0.2, 0.25) is 0 Å². The first-order valence-corrected chi connectivity index (χ1v) is 8.59. The molecule has 2 aromatic rings. The molecule has 0 unspecified atom stereocenters. The van der Waals surface area contributed by atoms with E-state index in [1.54, 1.807) is 0 Å². The lowest BCUT2D eigenvalue weighted by molar-refractivity contribution is -0.137. The number of benzene rings is 1. The van der Waals surface area contributed by atoms with Crippen LogP contribution >= 0.6 is 11.6 Å². The molecule has 1 heterocycles. The largest absolute Gasteiger partial charge is 0.465 e. The van der Waals surface area contributed by atoms with Gasteiger partial charge in [-0.2, -0.15) is 13.2 Å². The van der Waals surface area contributed by atoms with Gasteiger partial charge in [0.05, 0.1) is 28.2 Å². The summed E-state index contributed by atoms with van der Waals surface area (Å²) >= 11 is 5.67. The topological polar surface area (TPSA) is 97.4 Å². The van der Waals surface area contributed by atoms with Crippen molar-refractivity contribution < 1.29 is 31.1 Å². The molecule has 0 radical (unpaired) electrons. The SMILES string of the molecule is COC(=O)c1cccc(S(=O)(=O)NNc2ncc(C(F)(F)F)cc2Cl)c1. The number of aromatic nitrogens is 1. The van der Waals surface area contributed by atoms with E-state index in [1.807, 2.05) is 4.83 Å². The molecule has 26 heavy (non-hydrogen) atoms. The number of anilines is 1. The molecule has 0 aliphatic rings. The first-order chi connectivity index (χ1) is 12.0. The number of methoxy groups -OCH3 is 1. The molecule has 0 amide bonds. The summed E-state index contributed by atoms with van der Waals surface area (Å²) in [5, 5.41) is -0.439. The molecule has 0 aliphatic carbocycles. The van der Waals surface area contributed by atoms with Gasteiger partial charge in [0.1, 0.15) is 0 Å². The molecule has 1 aromatic heterocycles. The molecule has 140 valence electrons. The Bertz CT molecular complexity index is 935. The Balaban J connectivity index is 2.20. The van der Waals surface area contributed by atoms with Gasteiger partial charge in [-0.3, -0.25) is 5.43 Å². The van der Waals surface area contributed by atoms with E-state index < -0.39 is 32.8 Å². The quantitative estimate of drug-likeness (QED) is 0.582. The van der Waals surface area contributed by atoms with Crippen molar-refractivity contribution in [2.24, 2.45) is 0 Å². The fraction of sp³-hybridized carbons (Fsp3) is 0.143. The Morgan fingerprint density at radius 1 is 1.27 bits per heavy atom. The van der Waals surface area contributed by atoms with Crippen molar-refractivity contribution in [1.82, 2.24) is 9.82 Å². The van der Waals surface area contributed by atoms with Crippen LogP contribution in [0.1, 0.15) is 15.9 Å². The molecule has 0 atom stereocenters. The molecule has 0 aliphatic heterocycles. The predicted octanol–water partition coefficient (Wildman–Crippen LogP) is 2.85. The highest BCUT2D eigenvalue weighted by Gasteiger charge is 2.31. The van der Waals surface area contributed by atoms with Gasteiger partial charge in [0, 0.05) is 6.20 Å². The zero-order valence-corrected chi connectivity index (χ0v) is 14.5. The van der Waals surface area contributed by atoms with Crippen LogP contribution in [-0.4, -0.2) is 26.5 Å². The number of rotatable bonds is 5. The fourth-order valence-electron chi connectivity index (χ4n) is 1.77. The van der Waals surface area contributed by atoms with Crippen LogP contribution in [0.2, 0.25) is 5.02 Å². The molecular weight excluding hydrogens is 399 g/mol. The second kappa shape index (κ2) is 7.48. The number of esters is 1. The van der Waals surface area contributed by atoms with Crippen molar-refractivity contribution >= 4 is 33.4 Å². The summed E-state index contributed by atoms with van der Waals surface area (Å²) in [4.78, 5) is 16.5. The van der Waals surface area contributed by atoms with Gasteiger partial charge in [0.15, 0.2) is 5.82 Å². The molecule has 0 spiro atoms. The second-order valence-corrected chi connectivity index (χ2v) is 6.89. The van der Waals surface area contributed by atoms with E-state index in [4.69, 9.17) is 11.6 Å². The van der Waals surface area contributed by atoms with Crippen LogP contribution in [0.15, 0.2) is 41.4 Å². The number of hydrogen-bond acceptors (Lipinski definition) is 6. The van der Waals surface area contributed by atoms with Gasteiger partial charge in [-0.1, -0.05) is 17.7 Å². The minimum Gasteiger partial charge on any atom is -0.465 e. The Kier molecular flexibility index (Phi) is 5.74. The van der Waals surface area contributed by atoms with Crippen LogP contribution in [0, 0.1) is 0 Å². The van der Waals surface area contributed by atoms with Crippen molar-refractivity contribution in [3.8, 4) is 0 Å². The van der Waals surface area contributed by atoms with Crippen molar-refractivity contribution in [3.05, 3.63) is 52.7 Å². The zero-order valence-electron chi connectivity index (χ0n) is 13.0. The van der Waals surface area contributed by atoms with E-state index in [1.165, 1.54) is 18.2 Å². The first kappa shape index (κ1) is 19.9. The number of nitrogens with zero attached hydrogens (tertiary/aromatic N) is 1. The molecule has 7 nitrogen and oxygen atoms in total. The van der Waals surface area contributed by atoms with Crippen LogP contribution in [-0.2, 0) is 20.9 Å². The maximum absolute atomic E-state index is 12.6. The Morgan fingerprint density at radius 2 is 1.96 bits per heavy atom. The maximum Gasteiger partial charge on any atom is 0.417 e. The number of sulfonamides is 1. The number of carbonyl (C=O) groups is 1. The maximum atomic E-state index is 12.6. The Hall–Kier alpha value is -2.37. The highest BCUT2D eigenvalue weighted by Crippen LogP contribution is 2.32.